The van der Waals surface area contributed by atoms with E-state index in [-0.39, 0.29) is 0 Å². The third-order valence-corrected chi connectivity index (χ3v) is 3.87. The number of thioether (sulfide) groups is 1. The maximum Gasteiger partial charge on any atom is 0.119 e. The zero-order valence-electron chi connectivity index (χ0n) is 10.4. The molecule has 1 aromatic heterocycles. The average molecular weight is 295 g/mol. The summed E-state index contributed by atoms with van der Waals surface area (Å²) in [5, 5.41) is 0.719. The monoisotopic (exact) mass is 294 g/mol. The highest BCUT2D eigenvalue weighted by Gasteiger charge is 1.99. The van der Waals surface area contributed by atoms with E-state index in [1.807, 2.05) is 30.3 Å². The van der Waals surface area contributed by atoms with Crippen molar-refractivity contribution in [2.75, 3.05) is 18.1 Å². The summed E-state index contributed by atoms with van der Waals surface area (Å²) in [5.41, 5.74) is 6.54. The van der Waals surface area contributed by atoms with Crippen molar-refractivity contribution in [2.45, 2.75) is 11.3 Å². The van der Waals surface area contributed by atoms with E-state index in [4.69, 9.17) is 22.1 Å². The Kier molecular flexibility index (Phi) is 5.36. The van der Waals surface area contributed by atoms with Crippen LogP contribution in [0.5, 0.6) is 5.75 Å². The van der Waals surface area contributed by atoms with Gasteiger partial charge in [0.25, 0.3) is 0 Å². The standard InChI is InChI=1S/C14H15ClN2OS/c15-11-2-4-12(5-3-11)18-8-1-9-19-14-6-7-17-10-13(14)16/h2-7,10H,1,8-9,16H2. The zero-order chi connectivity index (χ0) is 13.5. The second-order valence-electron chi connectivity index (χ2n) is 3.92. The van der Waals surface area contributed by atoms with Gasteiger partial charge in [-0.1, -0.05) is 11.6 Å². The van der Waals surface area contributed by atoms with Gasteiger partial charge in [0.1, 0.15) is 5.75 Å². The SMILES string of the molecule is Nc1cnccc1SCCCOc1ccc(Cl)cc1. The molecule has 0 radical (unpaired) electrons. The van der Waals surface area contributed by atoms with Gasteiger partial charge < -0.3 is 10.5 Å². The van der Waals surface area contributed by atoms with Gasteiger partial charge in [-0.3, -0.25) is 4.98 Å². The van der Waals surface area contributed by atoms with Crippen molar-refractivity contribution in [1.82, 2.24) is 4.98 Å². The van der Waals surface area contributed by atoms with Crippen LogP contribution in [0, 0.1) is 0 Å². The lowest BCUT2D eigenvalue weighted by atomic mass is 10.3. The number of pyridine rings is 1. The van der Waals surface area contributed by atoms with Gasteiger partial charge >= 0.3 is 0 Å². The predicted molar refractivity (Wildman–Crippen MR) is 80.9 cm³/mol. The van der Waals surface area contributed by atoms with Gasteiger partial charge in [-0.15, -0.1) is 11.8 Å². The number of nitrogen functional groups attached to an aromatic ring is 1. The molecular formula is C14H15ClN2OS. The predicted octanol–water partition coefficient (Wildman–Crippen LogP) is 3.88. The van der Waals surface area contributed by atoms with E-state index < -0.39 is 0 Å². The molecule has 3 nitrogen and oxygen atoms in total. The maximum atomic E-state index is 5.81. The smallest absolute Gasteiger partial charge is 0.119 e. The Hall–Kier alpha value is -1.39. The molecule has 5 heteroatoms. The van der Waals surface area contributed by atoms with Crippen molar-refractivity contribution in [2.24, 2.45) is 0 Å². The quantitative estimate of drug-likeness (QED) is 0.649. The Morgan fingerprint density at radius 2 is 2.00 bits per heavy atom. The van der Waals surface area contributed by atoms with Crippen LogP contribution in [-0.4, -0.2) is 17.3 Å². The second-order valence-corrected chi connectivity index (χ2v) is 5.49. The highest BCUT2D eigenvalue weighted by atomic mass is 35.5. The van der Waals surface area contributed by atoms with Gasteiger partial charge in [-0.05, 0) is 36.8 Å². The first kappa shape index (κ1) is 14.0. The lowest BCUT2D eigenvalue weighted by Gasteiger charge is -2.07. The normalized spacial score (nSPS) is 10.4. The van der Waals surface area contributed by atoms with Crippen molar-refractivity contribution in [3.63, 3.8) is 0 Å². The van der Waals surface area contributed by atoms with Crippen molar-refractivity contribution < 1.29 is 4.74 Å². The van der Waals surface area contributed by atoms with Crippen LogP contribution in [0.1, 0.15) is 6.42 Å². The van der Waals surface area contributed by atoms with E-state index in [1.165, 1.54) is 0 Å². The Morgan fingerprint density at radius 1 is 1.21 bits per heavy atom. The number of halogens is 1. The number of hydrogen-bond donors (Lipinski definition) is 1. The minimum absolute atomic E-state index is 0.680. The molecule has 0 bridgehead atoms. The Balaban J connectivity index is 1.67. The average Bonchev–Trinajstić information content (AvgIpc) is 2.42. The largest absolute Gasteiger partial charge is 0.494 e. The topological polar surface area (TPSA) is 48.1 Å². The minimum atomic E-state index is 0.680. The van der Waals surface area contributed by atoms with E-state index in [1.54, 1.807) is 24.2 Å². The Bertz CT molecular complexity index is 519. The summed E-state index contributed by atoms with van der Waals surface area (Å²) in [7, 11) is 0. The fourth-order valence-corrected chi connectivity index (χ4v) is 2.47. The summed E-state index contributed by atoms with van der Waals surface area (Å²) in [5.74, 6) is 1.81. The molecule has 1 aromatic carbocycles. The molecule has 0 fully saturated rings. The van der Waals surface area contributed by atoms with Gasteiger partial charge in [-0.25, -0.2) is 0 Å². The van der Waals surface area contributed by atoms with E-state index in [0.717, 1.165) is 33.5 Å². The number of anilines is 1. The van der Waals surface area contributed by atoms with Gasteiger partial charge in [0.05, 0.1) is 18.5 Å². The summed E-state index contributed by atoms with van der Waals surface area (Å²) in [6.07, 6.45) is 4.38. The molecular weight excluding hydrogens is 280 g/mol. The number of ether oxygens (including phenoxy) is 1. The van der Waals surface area contributed by atoms with Crippen molar-refractivity contribution in [3.05, 3.63) is 47.7 Å². The first-order valence-corrected chi connectivity index (χ1v) is 7.33. The van der Waals surface area contributed by atoms with Gasteiger partial charge in [0, 0.05) is 21.9 Å². The maximum absolute atomic E-state index is 5.81. The summed E-state index contributed by atoms with van der Waals surface area (Å²) in [6, 6.07) is 9.32. The molecule has 0 saturated heterocycles. The second kappa shape index (κ2) is 7.26. The van der Waals surface area contributed by atoms with Gasteiger partial charge in [-0.2, -0.15) is 0 Å². The van der Waals surface area contributed by atoms with Crippen LogP contribution in [0.3, 0.4) is 0 Å². The van der Waals surface area contributed by atoms with Crippen LogP contribution in [0.2, 0.25) is 5.02 Å². The molecule has 0 saturated carbocycles. The molecule has 0 unspecified atom stereocenters. The molecule has 0 atom stereocenters. The van der Waals surface area contributed by atoms with Crippen LogP contribution in [0.15, 0.2) is 47.6 Å². The molecule has 2 N–H and O–H groups in total. The van der Waals surface area contributed by atoms with E-state index >= 15 is 0 Å². The summed E-state index contributed by atoms with van der Waals surface area (Å²) < 4.78 is 5.61. The summed E-state index contributed by atoms with van der Waals surface area (Å²) in [4.78, 5) is 5.03. The van der Waals surface area contributed by atoms with E-state index in [2.05, 4.69) is 4.98 Å². The molecule has 19 heavy (non-hydrogen) atoms. The molecule has 100 valence electrons. The first-order valence-electron chi connectivity index (χ1n) is 5.96. The molecule has 0 aliphatic carbocycles. The molecule has 0 aliphatic heterocycles. The van der Waals surface area contributed by atoms with Gasteiger partial charge in [0.15, 0.2) is 0 Å². The fourth-order valence-electron chi connectivity index (χ4n) is 1.49. The highest BCUT2D eigenvalue weighted by molar-refractivity contribution is 7.99. The van der Waals surface area contributed by atoms with Crippen LogP contribution >= 0.6 is 23.4 Å². The Labute approximate surface area is 122 Å². The van der Waals surface area contributed by atoms with E-state index in [0.29, 0.717) is 6.61 Å². The molecule has 1 heterocycles. The van der Waals surface area contributed by atoms with Crippen molar-refractivity contribution in [3.8, 4) is 5.75 Å². The number of hydrogen-bond acceptors (Lipinski definition) is 4. The number of benzene rings is 1. The van der Waals surface area contributed by atoms with Crippen LogP contribution in [0.4, 0.5) is 5.69 Å². The highest BCUT2D eigenvalue weighted by Crippen LogP contribution is 2.24. The van der Waals surface area contributed by atoms with E-state index in [9.17, 15) is 0 Å². The van der Waals surface area contributed by atoms with Crippen molar-refractivity contribution in [1.29, 1.82) is 0 Å². The Morgan fingerprint density at radius 3 is 2.74 bits per heavy atom. The third kappa shape index (κ3) is 4.65. The van der Waals surface area contributed by atoms with Crippen LogP contribution in [-0.2, 0) is 0 Å². The minimum Gasteiger partial charge on any atom is -0.494 e. The third-order valence-electron chi connectivity index (χ3n) is 2.44. The van der Waals surface area contributed by atoms with Crippen LogP contribution in [0.25, 0.3) is 0 Å². The fraction of sp³-hybridized carbons (Fsp3) is 0.214. The number of aromatic nitrogens is 1. The number of nitrogens with two attached hydrogens (primary N) is 1. The zero-order valence-corrected chi connectivity index (χ0v) is 12.0. The molecule has 2 aromatic rings. The summed E-state index contributed by atoms with van der Waals surface area (Å²) in [6.45, 7) is 0.680. The molecule has 0 spiro atoms. The molecule has 2 rings (SSSR count). The lowest BCUT2D eigenvalue weighted by Crippen LogP contribution is -1.99. The molecule has 0 aliphatic rings. The number of nitrogens with zero attached hydrogens (tertiary/aromatic N) is 1. The van der Waals surface area contributed by atoms with Crippen molar-refractivity contribution >= 4 is 29.1 Å². The van der Waals surface area contributed by atoms with Crippen LogP contribution < -0.4 is 10.5 Å². The lowest BCUT2D eigenvalue weighted by molar-refractivity contribution is 0.319. The van der Waals surface area contributed by atoms with Gasteiger partial charge in [0.2, 0.25) is 0 Å². The number of rotatable bonds is 6. The first-order chi connectivity index (χ1) is 9.25. The summed E-state index contributed by atoms with van der Waals surface area (Å²) >= 11 is 7.52. The molecule has 0 amide bonds.